The van der Waals surface area contributed by atoms with Crippen molar-refractivity contribution in [3.05, 3.63) is 0 Å². The Labute approximate surface area is 88.2 Å². The average molecular weight is 218 g/mol. The van der Waals surface area contributed by atoms with Crippen LogP contribution >= 0.6 is 0 Å². The Hall–Kier alpha value is -1.34. The molecule has 15 heavy (non-hydrogen) atoms. The van der Waals surface area contributed by atoms with Crippen LogP contribution < -0.4 is 16.8 Å². The second-order valence-electron chi connectivity index (χ2n) is 3.02. The number of guanidine groups is 1. The number of aliphatic hydroxyl groups is 1. The molecule has 0 spiro atoms. The molecular formula is C8H18N4O3. The standard InChI is InChI=1S/C8H18N4O3/c9-8(10)12-3-1-2-6(7(14)15)11-4-5-13/h6,11,13H,1-5H2,(H,14,15)(H4,9,10,12)/t6-/m0/s1. The van der Waals surface area contributed by atoms with Crippen LogP contribution in [0.2, 0.25) is 0 Å². The summed E-state index contributed by atoms with van der Waals surface area (Å²) in [6.45, 7) is 0.587. The van der Waals surface area contributed by atoms with Gasteiger partial charge in [-0.3, -0.25) is 9.79 Å². The first-order valence-corrected chi connectivity index (χ1v) is 4.70. The van der Waals surface area contributed by atoms with Crippen molar-refractivity contribution in [3.63, 3.8) is 0 Å². The zero-order valence-corrected chi connectivity index (χ0v) is 8.52. The highest BCUT2D eigenvalue weighted by atomic mass is 16.4. The van der Waals surface area contributed by atoms with Gasteiger partial charge in [-0.2, -0.15) is 0 Å². The lowest BCUT2D eigenvalue weighted by molar-refractivity contribution is -0.139. The molecule has 0 aliphatic heterocycles. The number of nitrogens with zero attached hydrogens (tertiary/aromatic N) is 1. The topological polar surface area (TPSA) is 134 Å². The Morgan fingerprint density at radius 2 is 2.13 bits per heavy atom. The molecule has 0 rings (SSSR count). The van der Waals surface area contributed by atoms with E-state index >= 15 is 0 Å². The molecule has 0 radical (unpaired) electrons. The summed E-state index contributed by atoms with van der Waals surface area (Å²) >= 11 is 0. The van der Waals surface area contributed by atoms with Crippen LogP contribution in [0.3, 0.4) is 0 Å². The second-order valence-corrected chi connectivity index (χ2v) is 3.02. The highest BCUT2D eigenvalue weighted by molar-refractivity contribution is 5.75. The summed E-state index contributed by atoms with van der Waals surface area (Å²) < 4.78 is 0. The Kier molecular flexibility index (Phi) is 7.29. The van der Waals surface area contributed by atoms with Crippen molar-refractivity contribution >= 4 is 11.9 Å². The first kappa shape index (κ1) is 13.7. The number of aliphatic imine (C=N–C) groups is 1. The van der Waals surface area contributed by atoms with E-state index in [1.807, 2.05) is 0 Å². The zero-order valence-electron chi connectivity index (χ0n) is 8.52. The number of carboxylic acids is 1. The van der Waals surface area contributed by atoms with Gasteiger partial charge < -0.3 is 27.0 Å². The van der Waals surface area contributed by atoms with Crippen molar-refractivity contribution < 1.29 is 15.0 Å². The molecule has 88 valence electrons. The Morgan fingerprint density at radius 1 is 1.47 bits per heavy atom. The minimum Gasteiger partial charge on any atom is -0.480 e. The SMILES string of the molecule is NC(N)=NCCC[C@H](NCCO)C(=O)O. The lowest BCUT2D eigenvalue weighted by Gasteiger charge is -2.12. The largest absolute Gasteiger partial charge is 0.480 e. The summed E-state index contributed by atoms with van der Waals surface area (Å²) in [6, 6.07) is -0.661. The molecule has 0 amide bonds. The molecule has 0 unspecified atom stereocenters. The second kappa shape index (κ2) is 8.01. The van der Waals surface area contributed by atoms with E-state index in [1.54, 1.807) is 0 Å². The van der Waals surface area contributed by atoms with Gasteiger partial charge in [-0.15, -0.1) is 0 Å². The number of nitrogens with two attached hydrogens (primary N) is 2. The Bertz CT molecular complexity index is 216. The number of carboxylic acid groups (broad SMARTS) is 1. The van der Waals surface area contributed by atoms with Gasteiger partial charge in [0, 0.05) is 13.1 Å². The predicted octanol–water partition coefficient (Wildman–Crippen LogP) is -1.92. The lowest BCUT2D eigenvalue weighted by atomic mass is 10.1. The Balaban J connectivity index is 3.76. The predicted molar refractivity (Wildman–Crippen MR) is 56.4 cm³/mol. The molecule has 7 nitrogen and oxygen atoms in total. The molecule has 7 N–H and O–H groups in total. The highest BCUT2D eigenvalue weighted by Crippen LogP contribution is 1.97. The third-order valence-electron chi connectivity index (χ3n) is 1.75. The summed E-state index contributed by atoms with van der Waals surface area (Å²) in [4.78, 5) is 14.4. The van der Waals surface area contributed by atoms with Crippen molar-refractivity contribution in [2.24, 2.45) is 16.5 Å². The average Bonchev–Trinajstić information content (AvgIpc) is 2.15. The number of aliphatic hydroxyl groups excluding tert-OH is 1. The van der Waals surface area contributed by atoms with Gasteiger partial charge in [0.1, 0.15) is 6.04 Å². The minimum absolute atomic E-state index is 0.00481. The quantitative estimate of drug-likeness (QED) is 0.183. The van der Waals surface area contributed by atoms with Crippen molar-refractivity contribution in [2.75, 3.05) is 19.7 Å². The molecule has 0 aliphatic carbocycles. The number of hydrogen-bond acceptors (Lipinski definition) is 4. The molecular weight excluding hydrogens is 200 g/mol. The van der Waals surface area contributed by atoms with E-state index in [9.17, 15) is 4.79 Å². The van der Waals surface area contributed by atoms with Crippen molar-refractivity contribution in [1.29, 1.82) is 0 Å². The fourth-order valence-corrected chi connectivity index (χ4v) is 1.06. The van der Waals surface area contributed by atoms with Crippen molar-refractivity contribution in [2.45, 2.75) is 18.9 Å². The number of hydrogen-bond donors (Lipinski definition) is 5. The first-order valence-electron chi connectivity index (χ1n) is 4.70. The number of aliphatic carboxylic acids is 1. The van der Waals surface area contributed by atoms with E-state index in [0.29, 0.717) is 19.4 Å². The van der Waals surface area contributed by atoms with Gasteiger partial charge in [0.2, 0.25) is 0 Å². The lowest BCUT2D eigenvalue weighted by Crippen LogP contribution is -2.38. The fourth-order valence-electron chi connectivity index (χ4n) is 1.06. The molecule has 0 heterocycles. The van der Waals surface area contributed by atoms with E-state index in [-0.39, 0.29) is 19.1 Å². The summed E-state index contributed by atoms with van der Waals surface area (Å²) in [5.41, 5.74) is 10.2. The van der Waals surface area contributed by atoms with Gasteiger partial charge >= 0.3 is 5.97 Å². The van der Waals surface area contributed by atoms with Crippen LogP contribution in [0.5, 0.6) is 0 Å². The summed E-state index contributed by atoms with van der Waals surface area (Å²) in [5, 5.41) is 20.0. The number of carbonyl (C=O) groups is 1. The van der Waals surface area contributed by atoms with Gasteiger partial charge in [-0.1, -0.05) is 0 Å². The molecule has 0 fully saturated rings. The van der Waals surface area contributed by atoms with Crippen molar-refractivity contribution in [3.8, 4) is 0 Å². The highest BCUT2D eigenvalue weighted by Gasteiger charge is 2.15. The molecule has 0 aromatic carbocycles. The van der Waals surface area contributed by atoms with Crippen LogP contribution in [0.25, 0.3) is 0 Å². The van der Waals surface area contributed by atoms with Crippen LogP contribution in [0.4, 0.5) is 0 Å². The molecule has 0 bridgehead atoms. The maximum Gasteiger partial charge on any atom is 0.320 e. The van der Waals surface area contributed by atoms with E-state index in [0.717, 1.165) is 0 Å². The van der Waals surface area contributed by atoms with Gasteiger partial charge in [0.15, 0.2) is 5.96 Å². The smallest absolute Gasteiger partial charge is 0.320 e. The van der Waals surface area contributed by atoms with E-state index in [2.05, 4.69) is 10.3 Å². The minimum atomic E-state index is -0.937. The summed E-state index contributed by atoms with van der Waals surface area (Å²) in [6.07, 6.45) is 0.999. The molecule has 1 atom stereocenters. The van der Waals surface area contributed by atoms with Crippen LogP contribution in [-0.2, 0) is 4.79 Å². The van der Waals surface area contributed by atoms with E-state index in [1.165, 1.54) is 0 Å². The molecule has 0 aromatic rings. The number of rotatable bonds is 8. The van der Waals surface area contributed by atoms with Crippen LogP contribution in [0.1, 0.15) is 12.8 Å². The third-order valence-corrected chi connectivity index (χ3v) is 1.75. The molecule has 0 aromatic heterocycles. The van der Waals surface area contributed by atoms with Crippen LogP contribution in [0.15, 0.2) is 4.99 Å². The maximum absolute atomic E-state index is 10.7. The van der Waals surface area contributed by atoms with Gasteiger partial charge in [0.05, 0.1) is 6.61 Å². The monoisotopic (exact) mass is 218 g/mol. The molecule has 0 saturated heterocycles. The fraction of sp³-hybridized carbons (Fsp3) is 0.750. The van der Waals surface area contributed by atoms with Crippen LogP contribution in [-0.4, -0.2) is 47.9 Å². The zero-order chi connectivity index (χ0) is 11.7. The van der Waals surface area contributed by atoms with Gasteiger partial charge in [-0.25, -0.2) is 0 Å². The number of nitrogens with one attached hydrogen (secondary N) is 1. The first-order chi connectivity index (χ1) is 7.07. The molecule has 7 heteroatoms. The molecule has 0 aliphatic rings. The normalized spacial score (nSPS) is 12.1. The van der Waals surface area contributed by atoms with E-state index in [4.69, 9.17) is 21.7 Å². The van der Waals surface area contributed by atoms with Crippen LogP contribution in [0, 0.1) is 0 Å². The summed E-state index contributed by atoms with van der Waals surface area (Å²) in [7, 11) is 0. The van der Waals surface area contributed by atoms with Gasteiger partial charge in [0.25, 0.3) is 0 Å². The van der Waals surface area contributed by atoms with Crippen molar-refractivity contribution in [1.82, 2.24) is 5.32 Å². The van der Waals surface area contributed by atoms with Gasteiger partial charge in [-0.05, 0) is 12.8 Å². The Morgan fingerprint density at radius 3 is 2.60 bits per heavy atom. The molecule has 0 saturated carbocycles. The summed E-state index contributed by atoms with van der Waals surface area (Å²) in [5.74, 6) is -0.932. The van der Waals surface area contributed by atoms with E-state index < -0.39 is 12.0 Å². The maximum atomic E-state index is 10.7. The third kappa shape index (κ3) is 7.71.